The van der Waals surface area contributed by atoms with Gasteiger partial charge in [-0.15, -0.1) is 0 Å². The molecule has 0 aliphatic heterocycles. The molecule has 0 saturated heterocycles. The van der Waals surface area contributed by atoms with E-state index >= 15 is 0 Å². The van der Waals surface area contributed by atoms with Crippen LogP contribution in [0.4, 0.5) is 10.1 Å². The Bertz CT molecular complexity index is 1090. The summed E-state index contributed by atoms with van der Waals surface area (Å²) < 4.78 is 18.6. The van der Waals surface area contributed by atoms with Crippen molar-refractivity contribution in [3.05, 3.63) is 93.8 Å². The molecule has 3 rings (SSSR count). The van der Waals surface area contributed by atoms with Gasteiger partial charge in [-0.2, -0.15) is 5.26 Å². The van der Waals surface area contributed by atoms with E-state index in [0.29, 0.717) is 16.7 Å². The molecule has 7 heteroatoms. The summed E-state index contributed by atoms with van der Waals surface area (Å²) in [6.45, 7) is 0. The fourth-order valence-electron chi connectivity index (χ4n) is 2.59. The molecule has 0 amide bonds. The molecule has 0 heterocycles. The molecule has 0 N–H and O–H groups in total. The van der Waals surface area contributed by atoms with Crippen molar-refractivity contribution in [3.63, 3.8) is 0 Å². The number of nitriles is 1. The topological polar surface area (TPSA) is 93.2 Å². The van der Waals surface area contributed by atoms with E-state index < -0.39 is 28.1 Å². The lowest BCUT2D eigenvalue weighted by Crippen LogP contribution is -2.11. The Balaban J connectivity index is 2.05. The maximum absolute atomic E-state index is 13.5. The molecule has 0 saturated carbocycles. The van der Waals surface area contributed by atoms with Gasteiger partial charge in [0.25, 0.3) is 0 Å². The molecular formula is C20H11FN2O4. The Morgan fingerprint density at radius 1 is 1.04 bits per heavy atom. The number of rotatable bonds is 4. The van der Waals surface area contributed by atoms with Crippen molar-refractivity contribution in [2.45, 2.75) is 0 Å². The number of halogens is 1. The zero-order chi connectivity index (χ0) is 19.4. The highest BCUT2D eigenvalue weighted by atomic mass is 19.1. The summed E-state index contributed by atoms with van der Waals surface area (Å²) in [6, 6.07) is 17.7. The Hall–Kier alpha value is -4.05. The van der Waals surface area contributed by atoms with Gasteiger partial charge in [0, 0.05) is 17.7 Å². The number of nitro groups is 1. The number of nitrogens with zero attached hydrogens (tertiary/aromatic N) is 2. The van der Waals surface area contributed by atoms with Crippen molar-refractivity contribution in [1.82, 2.24) is 0 Å². The van der Waals surface area contributed by atoms with E-state index in [2.05, 4.69) is 6.07 Å². The van der Waals surface area contributed by atoms with E-state index in [1.807, 2.05) is 0 Å². The van der Waals surface area contributed by atoms with E-state index in [4.69, 9.17) is 4.74 Å². The molecule has 0 fully saturated rings. The smallest absolute Gasteiger partial charge is 0.344 e. The first-order chi connectivity index (χ1) is 13.0. The Morgan fingerprint density at radius 2 is 1.70 bits per heavy atom. The predicted octanol–water partition coefficient (Wildman–Crippen LogP) is 4.49. The van der Waals surface area contributed by atoms with Gasteiger partial charge in [-0.1, -0.05) is 36.4 Å². The van der Waals surface area contributed by atoms with Crippen molar-refractivity contribution in [2.75, 3.05) is 0 Å². The molecule has 0 spiro atoms. The molecule has 0 bridgehead atoms. The maximum Gasteiger partial charge on any atom is 0.344 e. The molecule has 3 aromatic rings. The van der Waals surface area contributed by atoms with Crippen molar-refractivity contribution in [1.29, 1.82) is 5.26 Å². The maximum atomic E-state index is 13.5. The highest BCUT2D eigenvalue weighted by Gasteiger charge is 2.22. The lowest BCUT2D eigenvalue weighted by atomic mass is 9.96. The molecule has 0 aliphatic rings. The quantitative estimate of drug-likeness (QED) is 0.295. The Morgan fingerprint density at radius 3 is 2.41 bits per heavy atom. The van der Waals surface area contributed by atoms with Crippen LogP contribution in [0.1, 0.15) is 15.9 Å². The number of benzene rings is 3. The lowest BCUT2D eigenvalue weighted by molar-refractivity contribution is -0.385. The van der Waals surface area contributed by atoms with E-state index in [-0.39, 0.29) is 5.56 Å². The van der Waals surface area contributed by atoms with Crippen molar-refractivity contribution in [2.24, 2.45) is 0 Å². The molecule has 27 heavy (non-hydrogen) atoms. The fourth-order valence-corrected chi connectivity index (χ4v) is 2.59. The summed E-state index contributed by atoms with van der Waals surface area (Å²) in [5.41, 5.74) is 0.868. The van der Waals surface area contributed by atoms with Crippen LogP contribution >= 0.6 is 0 Å². The van der Waals surface area contributed by atoms with Gasteiger partial charge >= 0.3 is 11.7 Å². The van der Waals surface area contributed by atoms with Gasteiger partial charge in [0.2, 0.25) is 5.75 Å². The molecular weight excluding hydrogens is 351 g/mol. The standard InChI is InChI=1S/C20H11FN2O4/c21-14-9-10-18(23(25)26)19(11-14)27-20(24)17-8-4-3-7-16(17)15-6-2-1-5-13(15)12-22/h1-11H. The first kappa shape index (κ1) is 17.8. The first-order valence-corrected chi connectivity index (χ1v) is 7.76. The summed E-state index contributed by atoms with van der Waals surface area (Å²) in [5, 5.41) is 20.4. The number of nitro benzene ring substituents is 1. The SMILES string of the molecule is N#Cc1ccccc1-c1ccccc1C(=O)Oc1cc(F)ccc1[N+](=O)[O-]. The second-order valence-corrected chi connectivity index (χ2v) is 5.46. The number of hydrogen-bond acceptors (Lipinski definition) is 5. The average Bonchev–Trinajstić information content (AvgIpc) is 2.67. The van der Waals surface area contributed by atoms with E-state index in [0.717, 1.165) is 18.2 Å². The number of carbonyl (C=O) groups excluding carboxylic acids is 1. The number of hydrogen-bond donors (Lipinski definition) is 0. The molecule has 0 atom stereocenters. The third kappa shape index (κ3) is 3.65. The fraction of sp³-hybridized carbons (Fsp3) is 0. The first-order valence-electron chi connectivity index (χ1n) is 7.76. The van der Waals surface area contributed by atoms with Crippen molar-refractivity contribution < 1.29 is 18.8 Å². The van der Waals surface area contributed by atoms with E-state index in [9.17, 15) is 24.6 Å². The highest BCUT2D eigenvalue weighted by Crippen LogP contribution is 2.31. The second-order valence-electron chi connectivity index (χ2n) is 5.46. The van der Waals surface area contributed by atoms with Gasteiger partial charge in [-0.25, -0.2) is 9.18 Å². The summed E-state index contributed by atoms with van der Waals surface area (Å²) in [5.74, 6) is -2.16. The molecule has 132 valence electrons. The summed E-state index contributed by atoms with van der Waals surface area (Å²) >= 11 is 0. The van der Waals surface area contributed by atoms with Gasteiger partial charge in [0.15, 0.2) is 0 Å². The minimum atomic E-state index is -0.896. The van der Waals surface area contributed by atoms with Crippen LogP contribution in [0, 0.1) is 27.3 Å². The lowest BCUT2D eigenvalue weighted by Gasteiger charge is -2.11. The normalized spacial score (nSPS) is 10.1. The van der Waals surface area contributed by atoms with Crippen LogP contribution in [0.2, 0.25) is 0 Å². The largest absolute Gasteiger partial charge is 0.415 e. The van der Waals surface area contributed by atoms with Gasteiger partial charge < -0.3 is 4.74 Å². The van der Waals surface area contributed by atoms with E-state index in [1.54, 1.807) is 42.5 Å². The zero-order valence-electron chi connectivity index (χ0n) is 13.8. The molecule has 0 aliphatic carbocycles. The zero-order valence-corrected chi connectivity index (χ0v) is 13.8. The monoisotopic (exact) mass is 362 g/mol. The average molecular weight is 362 g/mol. The number of ether oxygens (including phenoxy) is 1. The number of esters is 1. The van der Waals surface area contributed by atoms with Crippen LogP contribution in [0.25, 0.3) is 11.1 Å². The van der Waals surface area contributed by atoms with Gasteiger partial charge in [-0.3, -0.25) is 10.1 Å². The minimum Gasteiger partial charge on any atom is -0.415 e. The van der Waals surface area contributed by atoms with Crippen LogP contribution in [0.5, 0.6) is 5.75 Å². The third-order valence-electron chi connectivity index (χ3n) is 3.81. The second kappa shape index (κ2) is 7.45. The minimum absolute atomic E-state index is 0.0961. The third-order valence-corrected chi connectivity index (χ3v) is 3.81. The van der Waals surface area contributed by atoms with Gasteiger partial charge in [0.05, 0.1) is 22.1 Å². The molecule has 3 aromatic carbocycles. The predicted molar refractivity (Wildman–Crippen MR) is 94.6 cm³/mol. The molecule has 0 aromatic heterocycles. The Labute approximate surface area is 153 Å². The van der Waals surface area contributed by atoms with Crippen molar-refractivity contribution >= 4 is 11.7 Å². The van der Waals surface area contributed by atoms with E-state index in [1.165, 1.54) is 6.07 Å². The molecule has 0 unspecified atom stereocenters. The summed E-state index contributed by atoms with van der Waals surface area (Å²) in [4.78, 5) is 23.0. The van der Waals surface area contributed by atoms with Crippen LogP contribution in [-0.2, 0) is 0 Å². The summed E-state index contributed by atoms with van der Waals surface area (Å²) in [6.07, 6.45) is 0. The van der Waals surface area contributed by atoms with Crippen molar-refractivity contribution in [3.8, 4) is 22.9 Å². The highest BCUT2D eigenvalue weighted by molar-refractivity contribution is 5.99. The summed E-state index contributed by atoms with van der Waals surface area (Å²) in [7, 11) is 0. The van der Waals surface area contributed by atoms with Gasteiger partial charge in [-0.05, 0) is 23.8 Å². The molecule has 6 nitrogen and oxygen atoms in total. The molecule has 0 radical (unpaired) electrons. The number of carbonyl (C=O) groups is 1. The van der Waals surface area contributed by atoms with Crippen LogP contribution in [-0.4, -0.2) is 10.9 Å². The van der Waals surface area contributed by atoms with Gasteiger partial charge in [0.1, 0.15) is 5.82 Å². The van der Waals surface area contributed by atoms with Crippen LogP contribution < -0.4 is 4.74 Å². The van der Waals surface area contributed by atoms with Crippen LogP contribution in [0.3, 0.4) is 0 Å². The van der Waals surface area contributed by atoms with Crippen LogP contribution in [0.15, 0.2) is 66.7 Å². The Kier molecular flexibility index (Phi) is 4.90.